The summed E-state index contributed by atoms with van der Waals surface area (Å²) in [5, 5.41) is 3.39. The van der Waals surface area contributed by atoms with Gasteiger partial charge in [-0.05, 0) is 34.5 Å². The van der Waals surface area contributed by atoms with E-state index in [2.05, 4.69) is 31.2 Å². The Morgan fingerprint density at radius 1 is 1.44 bits per heavy atom. The standard InChI is InChI=1S/C11H11BrN4/c12-6-3-10-11(15-5-6)8(1-2-14-10)16-9-4-7(9)13/h1-3,5,7,9H,4,13H2,(H,14,16). The smallest absolute Gasteiger partial charge is 0.112 e. The van der Waals surface area contributed by atoms with E-state index in [4.69, 9.17) is 5.73 Å². The molecule has 0 bridgehead atoms. The number of fused-ring (bicyclic) bond motifs is 1. The Hall–Kier alpha value is -1.20. The van der Waals surface area contributed by atoms with Crippen molar-refractivity contribution in [3.05, 3.63) is 29.0 Å². The molecular weight excluding hydrogens is 268 g/mol. The number of hydrogen-bond donors (Lipinski definition) is 2. The van der Waals surface area contributed by atoms with Crippen LogP contribution in [-0.4, -0.2) is 22.1 Å². The minimum absolute atomic E-state index is 0.277. The summed E-state index contributed by atoms with van der Waals surface area (Å²) in [5.74, 6) is 0. The molecule has 2 aromatic heterocycles. The third-order valence-corrected chi connectivity index (χ3v) is 3.16. The predicted octanol–water partition coefficient (Wildman–Crippen LogP) is 1.90. The Morgan fingerprint density at radius 2 is 2.25 bits per heavy atom. The average Bonchev–Trinajstić information content (AvgIpc) is 2.94. The van der Waals surface area contributed by atoms with Gasteiger partial charge in [0.2, 0.25) is 0 Å². The van der Waals surface area contributed by atoms with Gasteiger partial charge in [0.25, 0.3) is 0 Å². The highest BCUT2D eigenvalue weighted by atomic mass is 79.9. The number of nitrogens with one attached hydrogen (secondary N) is 1. The zero-order valence-corrected chi connectivity index (χ0v) is 10.1. The molecule has 0 aromatic carbocycles. The summed E-state index contributed by atoms with van der Waals surface area (Å²) in [6.45, 7) is 0. The Bertz CT molecular complexity index is 542. The van der Waals surface area contributed by atoms with Crippen LogP contribution in [0.25, 0.3) is 11.0 Å². The quantitative estimate of drug-likeness (QED) is 0.881. The molecule has 2 atom stereocenters. The summed E-state index contributed by atoms with van der Waals surface area (Å²) in [6.07, 6.45) is 4.59. The lowest BCUT2D eigenvalue weighted by Crippen LogP contribution is -2.13. The number of rotatable bonds is 2. The number of nitrogens with zero attached hydrogens (tertiary/aromatic N) is 2. The molecule has 82 valence electrons. The van der Waals surface area contributed by atoms with E-state index in [1.54, 1.807) is 12.4 Å². The third-order valence-electron chi connectivity index (χ3n) is 2.72. The van der Waals surface area contributed by atoms with Crippen molar-refractivity contribution in [3.8, 4) is 0 Å². The lowest BCUT2D eigenvalue weighted by Gasteiger charge is -2.07. The zero-order valence-electron chi connectivity index (χ0n) is 8.52. The van der Waals surface area contributed by atoms with E-state index < -0.39 is 0 Å². The van der Waals surface area contributed by atoms with Crippen LogP contribution in [0.15, 0.2) is 29.0 Å². The molecule has 1 saturated carbocycles. The van der Waals surface area contributed by atoms with Crippen LogP contribution in [-0.2, 0) is 0 Å². The normalized spacial score (nSPS) is 23.4. The molecule has 2 aromatic rings. The van der Waals surface area contributed by atoms with Crippen molar-refractivity contribution in [1.29, 1.82) is 0 Å². The van der Waals surface area contributed by atoms with E-state index >= 15 is 0 Å². The second-order valence-electron chi connectivity index (χ2n) is 4.03. The van der Waals surface area contributed by atoms with E-state index in [9.17, 15) is 0 Å². The van der Waals surface area contributed by atoms with Gasteiger partial charge >= 0.3 is 0 Å². The van der Waals surface area contributed by atoms with Crippen molar-refractivity contribution in [3.63, 3.8) is 0 Å². The van der Waals surface area contributed by atoms with E-state index in [1.807, 2.05) is 12.1 Å². The maximum absolute atomic E-state index is 5.78. The van der Waals surface area contributed by atoms with Crippen LogP contribution in [0, 0.1) is 0 Å². The van der Waals surface area contributed by atoms with Crippen molar-refractivity contribution in [1.82, 2.24) is 9.97 Å². The van der Waals surface area contributed by atoms with Gasteiger partial charge in [-0.3, -0.25) is 9.97 Å². The highest BCUT2D eigenvalue weighted by Crippen LogP contribution is 2.28. The van der Waals surface area contributed by atoms with Gasteiger partial charge in [0, 0.05) is 29.0 Å². The number of pyridine rings is 2. The molecule has 2 unspecified atom stereocenters. The van der Waals surface area contributed by atoms with Crippen molar-refractivity contribution >= 4 is 32.7 Å². The fourth-order valence-electron chi connectivity index (χ4n) is 1.70. The Balaban J connectivity index is 2.03. The van der Waals surface area contributed by atoms with E-state index in [0.717, 1.165) is 27.6 Å². The summed E-state index contributed by atoms with van der Waals surface area (Å²) in [5.41, 5.74) is 8.56. The second-order valence-corrected chi connectivity index (χ2v) is 4.95. The summed E-state index contributed by atoms with van der Waals surface area (Å²) < 4.78 is 0.938. The molecule has 1 fully saturated rings. The fourth-order valence-corrected chi connectivity index (χ4v) is 2.02. The van der Waals surface area contributed by atoms with Crippen molar-refractivity contribution < 1.29 is 0 Å². The molecule has 0 aliphatic heterocycles. The first-order valence-corrected chi connectivity index (χ1v) is 5.96. The molecule has 3 N–H and O–H groups in total. The maximum Gasteiger partial charge on any atom is 0.112 e. The van der Waals surface area contributed by atoms with Crippen molar-refractivity contribution in [2.45, 2.75) is 18.5 Å². The monoisotopic (exact) mass is 278 g/mol. The van der Waals surface area contributed by atoms with Gasteiger partial charge in [-0.1, -0.05) is 0 Å². The molecule has 0 spiro atoms. The minimum atomic E-state index is 0.277. The molecule has 5 heteroatoms. The third kappa shape index (κ3) is 1.76. The molecule has 2 heterocycles. The first-order valence-electron chi connectivity index (χ1n) is 5.16. The highest BCUT2D eigenvalue weighted by molar-refractivity contribution is 9.10. The Morgan fingerprint density at radius 3 is 3.00 bits per heavy atom. The summed E-state index contributed by atoms with van der Waals surface area (Å²) >= 11 is 3.39. The largest absolute Gasteiger partial charge is 0.379 e. The lowest BCUT2D eigenvalue weighted by atomic mass is 10.3. The second kappa shape index (κ2) is 3.68. The Kier molecular flexibility index (Phi) is 2.29. The number of halogens is 1. The van der Waals surface area contributed by atoms with Gasteiger partial charge in [-0.2, -0.15) is 0 Å². The first-order chi connectivity index (χ1) is 7.74. The van der Waals surface area contributed by atoms with Gasteiger partial charge in [0.15, 0.2) is 0 Å². The lowest BCUT2D eigenvalue weighted by molar-refractivity contribution is 1.01. The average molecular weight is 279 g/mol. The zero-order chi connectivity index (χ0) is 11.1. The molecule has 0 radical (unpaired) electrons. The molecule has 1 aliphatic rings. The van der Waals surface area contributed by atoms with Crippen LogP contribution in [0.4, 0.5) is 5.69 Å². The van der Waals surface area contributed by atoms with E-state index in [0.29, 0.717) is 6.04 Å². The molecule has 3 rings (SSSR count). The van der Waals surface area contributed by atoms with Crippen LogP contribution in [0.5, 0.6) is 0 Å². The topological polar surface area (TPSA) is 63.8 Å². The number of nitrogens with two attached hydrogens (primary N) is 1. The van der Waals surface area contributed by atoms with Gasteiger partial charge in [-0.15, -0.1) is 0 Å². The molecule has 1 aliphatic carbocycles. The van der Waals surface area contributed by atoms with Gasteiger partial charge < -0.3 is 11.1 Å². The van der Waals surface area contributed by atoms with Gasteiger partial charge in [0.1, 0.15) is 5.52 Å². The highest BCUT2D eigenvalue weighted by Gasteiger charge is 2.33. The first kappa shape index (κ1) is 9.99. The molecule has 0 saturated heterocycles. The van der Waals surface area contributed by atoms with Gasteiger partial charge in [-0.25, -0.2) is 0 Å². The number of hydrogen-bond acceptors (Lipinski definition) is 4. The summed E-state index contributed by atoms with van der Waals surface area (Å²) in [6, 6.07) is 4.56. The molecular formula is C11H11BrN4. The molecule has 4 nitrogen and oxygen atoms in total. The van der Waals surface area contributed by atoms with Crippen LogP contribution in [0.2, 0.25) is 0 Å². The van der Waals surface area contributed by atoms with Crippen LogP contribution < -0.4 is 11.1 Å². The SMILES string of the molecule is NC1CC1Nc1ccnc2cc(Br)cnc12. The predicted molar refractivity (Wildman–Crippen MR) is 67.2 cm³/mol. The number of aromatic nitrogens is 2. The molecule has 16 heavy (non-hydrogen) atoms. The Labute approximate surface area is 101 Å². The fraction of sp³-hybridized carbons (Fsp3) is 0.273. The van der Waals surface area contributed by atoms with Crippen molar-refractivity contribution in [2.75, 3.05) is 5.32 Å². The molecule has 0 amide bonds. The van der Waals surface area contributed by atoms with Crippen LogP contribution in [0.1, 0.15) is 6.42 Å². The van der Waals surface area contributed by atoms with Gasteiger partial charge in [0.05, 0.1) is 11.2 Å². The van der Waals surface area contributed by atoms with Crippen LogP contribution >= 0.6 is 15.9 Å². The van der Waals surface area contributed by atoms with E-state index in [1.165, 1.54) is 0 Å². The van der Waals surface area contributed by atoms with Crippen LogP contribution in [0.3, 0.4) is 0 Å². The number of anilines is 1. The van der Waals surface area contributed by atoms with Crippen molar-refractivity contribution in [2.24, 2.45) is 5.73 Å². The minimum Gasteiger partial charge on any atom is -0.379 e. The van der Waals surface area contributed by atoms with E-state index in [-0.39, 0.29) is 6.04 Å². The summed E-state index contributed by atoms with van der Waals surface area (Å²) in [4.78, 5) is 8.66. The maximum atomic E-state index is 5.78. The summed E-state index contributed by atoms with van der Waals surface area (Å²) in [7, 11) is 0.